The Morgan fingerprint density at radius 1 is 1.04 bits per heavy atom. The first-order valence-electron chi connectivity index (χ1n) is 9.74. The number of hydrogen-bond acceptors (Lipinski definition) is 3. The summed E-state index contributed by atoms with van der Waals surface area (Å²) in [5, 5.41) is 3.57. The van der Waals surface area contributed by atoms with Gasteiger partial charge in [-0.15, -0.1) is 0 Å². The Morgan fingerprint density at radius 2 is 1.89 bits per heavy atom. The van der Waals surface area contributed by atoms with Crippen molar-refractivity contribution in [3.8, 4) is 0 Å². The molecule has 1 aliphatic carbocycles. The fourth-order valence-electron chi connectivity index (χ4n) is 4.55. The van der Waals surface area contributed by atoms with Crippen LogP contribution in [0.3, 0.4) is 0 Å². The zero-order valence-electron chi connectivity index (χ0n) is 15.2. The maximum absolute atomic E-state index is 13.3. The van der Waals surface area contributed by atoms with Gasteiger partial charge in [-0.1, -0.05) is 24.3 Å². The number of amidine groups is 1. The van der Waals surface area contributed by atoms with Gasteiger partial charge in [-0.25, -0.2) is 8.42 Å². The molecule has 2 aromatic carbocycles. The topological polar surface area (TPSA) is 63.4 Å². The molecule has 2 atom stereocenters. The molecular formula is C21H24N3O2S+. The van der Waals surface area contributed by atoms with E-state index in [-0.39, 0.29) is 0 Å². The number of hydrogen-bond donors (Lipinski definition) is 2. The normalized spacial score (nSPS) is 24.1. The molecule has 0 unspecified atom stereocenters. The maximum atomic E-state index is 13.3. The van der Waals surface area contributed by atoms with Crippen LogP contribution in [-0.4, -0.2) is 32.9 Å². The molecular weight excluding hydrogens is 358 g/mol. The molecule has 0 spiro atoms. The van der Waals surface area contributed by atoms with E-state index in [4.69, 9.17) is 0 Å². The number of rotatable bonds is 3. The van der Waals surface area contributed by atoms with Crippen LogP contribution in [0.25, 0.3) is 0 Å². The molecule has 0 amide bonds. The molecule has 2 N–H and O–H groups in total. The molecule has 3 aliphatic rings. The van der Waals surface area contributed by atoms with Gasteiger partial charge >= 0.3 is 0 Å². The molecule has 0 saturated heterocycles. The van der Waals surface area contributed by atoms with Crippen LogP contribution in [0.4, 0.5) is 5.69 Å². The molecule has 1 fully saturated rings. The van der Waals surface area contributed by atoms with Gasteiger partial charge in [0, 0.05) is 6.54 Å². The summed E-state index contributed by atoms with van der Waals surface area (Å²) in [6.07, 6.45) is 5.62. The molecule has 0 radical (unpaired) electrons. The van der Waals surface area contributed by atoms with E-state index in [0.29, 0.717) is 23.5 Å². The summed E-state index contributed by atoms with van der Waals surface area (Å²) in [5.74, 6) is 0.964. The molecule has 2 aliphatic heterocycles. The third kappa shape index (κ3) is 2.83. The second-order valence-electron chi connectivity index (χ2n) is 7.64. The molecule has 6 heteroatoms. The van der Waals surface area contributed by atoms with Crippen LogP contribution in [0.15, 0.2) is 53.4 Å². The van der Waals surface area contributed by atoms with E-state index in [1.807, 2.05) is 36.4 Å². The number of anilines is 1. The van der Waals surface area contributed by atoms with Crippen molar-refractivity contribution in [2.75, 3.05) is 10.8 Å². The van der Waals surface area contributed by atoms with Crippen LogP contribution < -0.4 is 14.6 Å². The average Bonchev–Trinajstić information content (AvgIpc) is 3.32. The fraction of sp³-hybridized carbons (Fsp3) is 0.381. The number of para-hydroxylation sites is 1. The molecule has 0 aromatic heterocycles. The van der Waals surface area contributed by atoms with Gasteiger partial charge in [0.25, 0.3) is 15.9 Å². The van der Waals surface area contributed by atoms with Crippen molar-refractivity contribution in [1.82, 2.24) is 5.32 Å². The van der Waals surface area contributed by atoms with Crippen LogP contribution in [0.1, 0.15) is 36.8 Å². The third-order valence-electron chi connectivity index (χ3n) is 5.98. The van der Waals surface area contributed by atoms with Crippen LogP contribution >= 0.6 is 0 Å². The summed E-state index contributed by atoms with van der Waals surface area (Å²) in [6, 6.07) is 16.0. The highest BCUT2D eigenvalue weighted by atomic mass is 32.2. The molecule has 5 nitrogen and oxygen atoms in total. The van der Waals surface area contributed by atoms with Crippen LogP contribution in [0.2, 0.25) is 0 Å². The largest absolute Gasteiger partial charge is 0.275 e. The summed E-state index contributed by atoms with van der Waals surface area (Å²) in [4.78, 5) is 3.92. The molecule has 27 heavy (non-hydrogen) atoms. The summed E-state index contributed by atoms with van der Waals surface area (Å²) >= 11 is 0. The molecule has 0 bridgehead atoms. The van der Waals surface area contributed by atoms with Gasteiger partial charge in [0.2, 0.25) is 0 Å². The van der Waals surface area contributed by atoms with Gasteiger partial charge in [0.15, 0.2) is 0 Å². The highest BCUT2D eigenvalue weighted by Gasteiger charge is 2.38. The van der Waals surface area contributed by atoms with Crippen molar-refractivity contribution in [2.45, 2.75) is 49.1 Å². The molecule has 5 rings (SSSR count). The standard InChI is InChI=1S/C21H23N3O2S/c25-27(26,24-13-12-15-6-1-4-11-20(15)24)17-8-5-7-16(14-17)21-22-18-9-2-3-10-19(18)23-21/h1,4-8,11,14,18-19H,2-3,9-10,12-13H2,(H,22,23)/p+1/t18-,19+. The summed E-state index contributed by atoms with van der Waals surface area (Å²) in [5.41, 5.74) is 2.81. The van der Waals surface area contributed by atoms with Gasteiger partial charge in [-0.3, -0.25) is 14.6 Å². The Labute approximate surface area is 160 Å². The van der Waals surface area contributed by atoms with Crippen LogP contribution in [0.5, 0.6) is 0 Å². The van der Waals surface area contributed by atoms with Crippen LogP contribution in [0, 0.1) is 0 Å². The van der Waals surface area contributed by atoms with E-state index in [1.54, 1.807) is 16.4 Å². The molecule has 2 aromatic rings. The summed E-state index contributed by atoms with van der Waals surface area (Å²) in [6.45, 7) is 0.503. The predicted molar refractivity (Wildman–Crippen MR) is 105 cm³/mol. The van der Waals surface area contributed by atoms with E-state index < -0.39 is 10.0 Å². The minimum Gasteiger partial charge on any atom is -0.267 e. The SMILES string of the molecule is O=S(=O)(c1cccc(C2=[NH+][C@H]3CCCC[C@H]3N2)c1)N1CCc2ccccc21. The Balaban J connectivity index is 1.47. The highest BCUT2D eigenvalue weighted by Crippen LogP contribution is 2.32. The zero-order chi connectivity index (χ0) is 18.4. The van der Waals surface area contributed by atoms with E-state index in [0.717, 1.165) is 29.1 Å². The van der Waals surface area contributed by atoms with E-state index >= 15 is 0 Å². The van der Waals surface area contributed by atoms with E-state index in [2.05, 4.69) is 10.3 Å². The van der Waals surface area contributed by atoms with Crippen molar-refractivity contribution in [1.29, 1.82) is 0 Å². The Morgan fingerprint density at radius 3 is 2.78 bits per heavy atom. The number of fused-ring (bicyclic) bond motifs is 2. The van der Waals surface area contributed by atoms with Crippen molar-refractivity contribution in [3.63, 3.8) is 0 Å². The second-order valence-corrected chi connectivity index (χ2v) is 9.51. The molecule has 140 valence electrons. The Kier molecular flexibility index (Phi) is 3.97. The first-order chi connectivity index (χ1) is 13.1. The number of benzene rings is 2. The lowest BCUT2D eigenvalue weighted by Gasteiger charge is -2.20. The first-order valence-corrected chi connectivity index (χ1v) is 11.2. The average molecular weight is 383 g/mol. The highest BCUT2D eigenvalue weighted by molar-refractivity contribution is 7.92. The summed E-state index contributed by atoms with van der Waals surface area (Å²) < 4.78 is 28.1. The van der Waals surface area contributed by atoms with Gasteiger partial charge in [0.1, 0.15) is 12.1 Å². The lowest BCUT2D eigenvalue weighted by molar-refractivity contribution is -0.498. The van der Waals surface area contributed by atoms with E-state index in [1.165, 1.54) is 25.7 Å². The quantitative estimate of drug-likeness (QED) is 0.838. The van der Waals surface area contributed by atoms with Crippen LogP contribution in [-0.2, 0) is 16.4 Å². The second kappa shape index (κ2) is 6.37. The maximum Gasteiger partial charge on any atom is 0.275 e. The molecule has 1 saturated carbocycles. The Hall–Kier alpha value is -2.34. The van der Waals surface area contributed by atoms with E-state index in [9.17, 15) is 8.42 Å². The minimum atomic E-state index is -3.57. The molecule has 2 heterocycles. The van der Waals surface area contributed by atoms with Crippen molar-refractivity contribution >= 4 is 21.5 Å². The monoisotopic (exact) mass is 382 g/mol. The minimum absolute atomic E-state index is 0.350. The van der Waals surface area contributed by atoms with Gasteiger partial charge in [-0.05, 0) is 61.9 Å². The number of nitrogens with one attached hydrogen (secondary N) is 2. The van der Waals surface area contributed by atoms with Gasteiger partial charge < -0.3 is 0 Å². The Bertz CT molecular complexity index is 1020. The zero-order valence-corrected chi connectivity index (χ0v) is 16.0. The first kappa shape index (κ1) is 16.8. The number of sulfonamides is 1. The lowest BCUT2D eigenvalue weighted by Crippen LogP contribution is -2.78. The van der Waals surface area contributed by atoms with Gasteiger partial charge in [0.05, 0.1) is 16.1 Å². The van der Waals surface area contributed by atoms with Crippen molar-refractivity contribution < 1.29 is 13.4 Å². The lowest BCUT2D eigenvalue weighted by atomic mass is 9.92. The third-order valence-corrected chi connectivity index (χ3v) is 7.79. The smallest absolute Gasteiger partial charge is 0.267 e. The van der Waals surface area contributed by atoms with Crippen molar-refractivity contribution in [3.05, 3.63) is 59.7 Å². The summed E-state index contributed by atoms with van der Waals surface area (Å²) in [7, 11) is -3.57. The van der Waals surface area contributed by atoms with Gasteiger partial charge in [-0.2, -0.15) is 0 Å². The number of nitrogens with zero attached hydrogens (tertiary/aromatic N) is 1. The van der Waals surface area contributed by atoms with Crippen molar-refractivity contribution in [2.24, 2.45) is 0 Å². The fourth-order valence-corrected chi connectivity index (χ4v) is 6.10. The predicted octanol–water partition coefficient (Wildman–Crippen LogP) is 1.18.